The van der Waals surface area contributed by atoms with Crippen molar-refractivity contribution in [2.75, 3.05) is 18.5 Å². The lowest BCUT2D eigenvalue weighted by Crippen LogP contribution is -2.18. The Hall–Kier alpha value is -1.27. The highest BCUT2D eigenvalue weighted by molar-refractivity contribution is 9.11. The van der Waals surface area contributed by atoms with E-state index in [-0.39, 0.29) is 0 Å². The maximum Gasteiger partial charge on any atom is 0.0992 e. The largest absolute Gasteiger partial charge is 0.370 e. The van der Waals surface area contributed by atoms with Crippen molar-refractivity contribution < 1.29 is 0 Å². The van der Waals surface area contributed by atoms with Gasteiger partial charge in [0, 0.05) is 23.8 Å². The summed E-state index contributed by atoms with van der Waals surface area (Å²) in [4.78, 5) is 2.03. The first-order valence-electron chi connectivity index (χ1n) is 4.18. The van der Waals surface area contributed by atoms with E-state index < -0.39 is 0 Å². The van der Waals surface area contributed by atoms with Crippen molar-refractivity contribution in [3.05, 3.63) is 40.9 Å². The van der Waals surface area contributed by atoms with Gasteiger partial charge in [-0.1, -0.05) is 28.6 Å². The van der Waals surface area contributed by atoms with Gasteiger partial charge in [0.15, 0.2) is 0 Å². The lowest BCUT2D eigenvalue weighted by atomic mass is 10.2. The highest BCUT2D eigenvalue weighted by Crippen LogP contribution is 2.16. The fourth-order valence-corrected chi connectivity index (χ4v) is 1.54. The van der Waals surface area contributed by atoms with Crippen LogP contribution in [-0.4, -0.2) is 13.6 Å². The monoisotopic (exact) mass is 250 g/mol. The van der Waals surface area contributed by atoms with Crippen molar-refractivity contribution in [1.82, 2.24) is 0 Å². The average Bonchev–Trinajstić information content (AvgIpc) is 2.17. The van der Waals surface area contributed by atoms with Crippen LogP contribution < -0.4 is 4.90 Å². The van der Waals surface area contributed by atoms with Gasteiger partial charge in [0.1, 0.15) is 0 Å². The number of halogens is 1. The minimum absolute atomic E-state index is 0.675. The normalized spacial score (nSPS) is 9.21. The molecule has 0 unspecified atom stereocenters. The number of likely N-dealkylation sites (N-methyl/N-ethyl adjacent to an activating group) is 1. The molecule has 2 nitrogen and oxygen atoms in total. The minimum atomic E-state index is 0.675. The van der Waals surface area contributed by atoms with Crippen LogP contribution in [0.5, 0.6) is 0 Å². The second-order valence-corrected chi connectivity index (χ2v) is 4.16. The standard InChI is InChI=1S/C11H11BrN2/c1-9(12)8-14(2)11-5-3-4-10(6-11)7-13/h3-6H,1,8H2,2H3. The van der Waals surface area contributed by atoms with E-state index >= 15 is 0 Å². The van der Waals surface area contributed by atoms with Gasteiger partial charge in [0.05, 0.1) is 11.6 Å². The predicted molar refractivity (Wildman–Crippen MR) is 62.5 cm³/mol. The first-order chi connectivity index (χ1) is 6.63. The summed E-state index contributed by atoms with van der Waals surface area (Å²) in [6.07, 6.45) is 0. The molecular formula is C11H11BrN2. The number of hydrogen-bond acceptors (Lipinski definition) is 2. The number of hydrogen-bond donors (Lipinski definition) is 0. The molecule has 14 heavy (non-hydrogen) atoms. The van der Waals surface area contributed by atoms with Gasteiger partial charge in [-0.3, -0.25) is 0 Å². The summed E-state index contributed by atoms with van der Waals surface area (Å²) in [7, 11) is 1.96. The minimum Gasteiger partial charge on any atom is -0.370 e. The summed E-state index contributed by atoms with van der Waals surface area (Å²) >= 11 is 3.31. The van der Waals surface area contributed by atoms with E-state index in [0.29, 0.717) is 5.56 Å². The number of anilines is 1. The van der Waals surface area contributed by atoms with E-state index in [1.54, 1.807) is 6.07 Å². The van der Waals surface area contributed by atoms with Gasteiger partial charge in [-0.15, -0.1) is 0 Å². The van der Waals surface area contributed by atoms with E-state index in [0.717, 1.165) is 16.7 Å². The molecule has 0 saturated heterocycles. The molecule has 0 radical (unpaired) electrons. The van der Waals surface area contributed by atoms with Crippen LogP contribution in [0.25, 0.3) is 0 Å². The van der Waals surface area contributed by atoms with E-state index in [1.165, 1.54) is 0 Å². The summed E-state index contributed by atoms with van der Waals surface area (Å²) in [5.41, 5.74) is 1.69. The first-order valence-corrected chi connectivity index (χ1v) is 4.97. The van der Waals surface area contributed by atoms with Crippen molar-refractivity contribution in [2.45, 2.75) is 0 Å². The Morgan fingerprint density at radius 3 is 2.93 bits per heavy atom. The number of rotatable bonds is 3. The fraction of sp³-hybridized carbons (Fsp3) is 0.182. The second kappa shape index (κ2) is 4.83. The summed E-state index contributed by atoms with van der Waals surface area (Å²) in [6.45, 7) is 4.50. The van der Waals surface area contributed by atoms with Crippen LogP contribution >= 0.6 is 15.9 Å². The molecule has 1 rings (SSSR count). The molecule has 0 spiro atoms. The molecule has 0 aliphatic heterocycles. The molecule has 0 bridgehead atoms. The van der Waals surface area contributed by atoms with E-state index in [1.807, 2.05) is 30.1 Å². The average molecular weight is 251 g/mol. The van der Waals surface area contributed by atoms with Crippen molar-refractivity contribution in [3.8, 4) is 6.07 Å². The number of benzene rings is 1. The molecular weight excluding hydrogens is 240 g/mol. The van der Waals surface area contributed by atoms with Crippen molar-refractivity contribution in [3.63, 3.8) is 0 Å². The fourth-order valence-electron chi connectivity index (χ4n) is 1.16. The first kappa shape index (κ1) is 10.8. The van der Waals surface area contributed by atoms with Crippen molar-refractivity contribution in [1.29, 1.82) is 5.26 Å². The van der Waals surface area contributed by atoms with Gasteiger partial charge in [0.2, 0.25) is 0 Å². The highest BCUT2D eigenvalue weighted by atomic mass is 79.9. The molecule has 0 aliphatic rings. The van der Waals surface area contributed by atoms with Crippen LogP contribution in [0.4, 0.5) is 5.69 Å². The Balaban J connectivity index is 2.85. The maximum atomic E-state index is 8.73. The van der Waals surface area contributed by atoms with Crippen LogP contribution in [0, 0.1) is 11.3 Å². The number of nitriles is 1. The van der Waals surface area contributed by atoms with Crippen LogP contribution in [0.2, 0.25) is 0 Å². The van der Waals surface area contributed by atoms with Gasteiger partial charge in [-0.25, -0.2) is 0 Å². The van der Waals surface area contributed by atoms with E-state index in [4.69, 9.17) is 5.26 Å². The summed E-state index contributed by atoms with van der Waals surface area (Å²) < 4.78 is 0.919. The van der Waals surface area contributed by atoms with Crippen LogP contribution in [0.15, 0.2) is 35.3 Å². The van der Waals surface area contributed by atoms with Gasteiger partial charge in [-0.05, 0) is 18.2 Å². The van der Waals surface area contributed by atoms with E-state index in [9.17, 15) is 0 Å². The van der Waals surface area contributed by atoms with Crippen LogP contribution in [0.1, 0.15) is 5.56 Å². The zero-order valence-electron chi connectivity index (χ0n) is 8.00. The Morgan fingerprint density at radius 2 is 2.36 bits per heavy atom. The quantitative estimate of drug-likeness (QED) is 0.825. The smallest absolute Gasteiger partial charge is 0.0992 e. The van der Waals surface area contributed by atoms with Gasteiger partial charge in [-0.2, -0.15) is 5.26 Å². The topological polar surface area (TPSA) is 27.0 Å². The summed E-state index contributed by atoms with van der Waals surface area (Å²) in [6, 6.07) is 9.61. The molecule has 0 aromatic heterocycles. The highest BCUT2D eigenvalue weighted by Gasteiger charge is 2.01. The van der Waals surface area contributed by atoms with E-state index in [2.05, 4.69) is 28.6 Å². The summed E-state index contributed by atoms with van der Waals surface area (Å²) in [5.74, 6) is 0. The molecule has 3 heteroatoms. The lowest BCUT2D eigenvalue weighted by molar-refractivity contribution is 1.03. The molecule has 0 atom stereocenters. The molecule has 0 aliphatic carbocycles. The van der Waals surface area contributed by atoms with Gasteiger partial charge in [0.25, 0.3) is 0 Å². The molecule has 1 aromatic carbocycles. The molecule has 1 aromatic rings. The van der Waals surface area contributed by atoms with Crippen molar-refractivity contribution in [2.24, 2.45) is 0 Å². The third-order valence-corrected chi connectivity index (χ3v) is 2.08. The lowest BCUT2D eigenvalue weighted by Gasteiger charge is -2.18. The molecule has 0 heterocycles. The molecule has 0 fully saturated rings. The third-order valence-electron chi connectivity index (χ3n) is 1.82. The van der Waals surface area contributed by atoms with Crippen molar-refractivity contribution >= 4 is 21.6 Å². The summed E-state index contributed by atoms with van der Waals surface area (Å²) in [5, 5.41) is 8.73. The predicted octanol–water partition coefficient (Wildman–Crippen LogP) is 2.90. The Kier molecular flexibility index (Phi) is 3.73. The Bertz CT molecular complexity index is 379. The molecule has 72 valence electrons. The zero-order valence-corrected chi connectivity index (χ0v) is 9.58. The maximum absolute atomic E-state index is 8.73. The Morgan fingerprint density at radius 1 is 1.64 bits per heavy atom. The SMILES string of the molecule is C=C(Br)CN(C)c1cccc(C#N)c1. The Labute approximate surface area is 92.6 Å². The van der Waals surface area contributed by atoms with Gasteiger partial charge < -0.3 is 4.90 Å². The number of nitrogens with zero attached hydrogens (tertiary/aromatic N) is 2. The second-order valence-electron chi connectivity index (χ2n) is 3.04. The third kappa shape index (κ3) is 2.90. The van der Waals surface area contributed by atoms with Crippen LogP contribution in [-0.2, 0) is 0 Å². The van der Waals surface area contributed by atoms with Crippen LogP contribution in [0.3, 0.4) is 0 Å². The molecule has 0 N–H and O–H groups in total. The van der Waals surface area contributed by atoms with Gasteiger partial charge >= 0.3 is 0 Å². The molecule has 0 saturated carbocycles. The molecule has 0 amide bonds. The zero-order chi connectivity index (χ0) is 10.6.